The van der Waals surface area contributed by atoms with E-state index >= 15 is 0 Å². The number of hydrogen-bond donors (Lipinski definition) is 0. The zero-order valence-corrected chi connectivity index (χ0v) is 5.83. The minimum atomic E-state index is -0.238. The van der Waals surface area contributed by atoms with Gasteiger partial charge in [0, 0.05) is 0 Å². The molecule has 0 radical (unpaired) electrons. The summed E-state index contributed by atoms with van der Waals surface area (Å²) in [5.41, 5.74) is 0. The van der Waals surface area contributed by atoms with Crippen molar-refractivity contribution in [2.75, 3.05) is 7.11 Å². The topological polar surface area (TPSA) is 50.1 Å². The molecule has 0 saturated heterocycles. The summed E-state index contributed by atoms with van der Waals surface area (Å²) >= 11 is 0. The van der Waals surface area contributed by atoms with Gasteiger partial charge in [-0.25, -0.2) is 0 Å². The number of esters is 1. The molecular formula is C7H9NO2. The number of hydrogen-bond acceptors (Lipinski definition) is 3. The van der Waals surface area contributed by atoms with Crippen LogP contribution in [0.15, 0.2) is 0 Å². The Balaban J connectivity index is 2.44. The van der Waals surface area contributed by atoms with E-state index < -0.39 is 0 Å². The predicted octanol–water partition coefficient (Wildman–Crippen LogP) is 0.709. The third-order valence-corrected chi connectivity index (χ3v) is 1.94. The van der Waals surface area contributed by atoms with E-state index in [0.717, 1.165) is 12.8 Å². The van der Waals surface area contributed by atoms with E-state index in [9.17, 15) is 4.79 Å². The van der Waals surface area contributed by atoms with Crippen LogP contribution in [0.2, 0.25) is 0 Å². The highest BCUT2D eigenvalue weighted by Gasteiger charge is 2.37. The fourth-order valence-corrected chi connectivity index (χ4v) is 1.09. The lowest BCUT2D eigenvalue weighted by Gasteiger charge is -2.28. The first-order valence-corrected chi connectivity index (χ1v) is 3.27. The van der Waals surface area contributed by atoms with Crippen molar-refractivity contribution < 1.29 is 9.53 Å². The van der Waals surface area contributed by atoms with Gasteiger partial charge in [-0.2, -0.15) is 5.26 Å². The van der Waals surface area contributed by atoms with E-state index in [-0.39, 0.29) is 17.8 Å². The summed E-state index contributed by atoms with van der Waals surface area (Å²) in [6, 6.07) is 2.07. The van der Waals surface area contributed by atoms with E-state index in [4.69, 9.17) is 5.26 Å². The highest BCUT2D eigenvalue weighted by Crippen LogP contribution is 2.34. The van der Waals surface area contributed by atoms with Gasteiger partial charge in [-0.05, 0) is 12.8 Å². The minimum absolute atomic E-state index is 0.0903. The Morgan fingerprint density at radius 3 is 2.70 bits per heavy atom. The summed E-state index contributed by atoms with van der Waals surface area (Å²) in [7, 11) is 1.36. The smallest absolute Gasteiger partial charge is 0.309 e. The molecule has 0 amide bonds. The molecule has 2 atom stereocenters. The molecule has 0 aromatic heterocycles. The van der Waals surface area contributed by atoms with E-state index in [2.05, 4.69) is 10.8 Å². The quantitative estimate of drug-likeness (QED) is 0.502. The number of nitrogens with zero attached hydrogens (tertiary/aromatic N) is 1. The zero-order valence-electron chi connectivity index (χ0n) is 5.83. The Morgan fingerprint density at radius 1 is 1.70 bits per heavy atom. The van der Waals surface area contributed by atoms with Gasteiger partial charge < -0.3 is 4.74 Å². The van der Waals surface area contributed by atoms with Gasteiger partial charge in [0.25, 0.3) is 0 Å². The Kier molecular flexibility index (Phi) is 1.91. The highest BCUT2D eigenvalue weighted by atomic mass is 16.5. The summed E-state index contributed by atoms with van der Waals surface area (Å²) < 4.78 is 4.50. The SMILES string of the molecule is COC(=O)C1CCC1C#N. The third kappa shape index (κ3) is 0.971. The average molecular weight is 139 g/mol. The van der Waals surface area contributed by atoms with Crippen molar-refractivity contribution in [2.24, 2.45) is 11.8 Å². The second-order valence-electron chi connectivity index (χ2n) is 2.44. The molecule has 0 aromatic carbocycles. The van der Waals surface area contributed by atoms with Crippen LogP contribution in [0.25, 0.3) is 0 Å². The number of nitriles is 1. The lowest BCUT2D eigenvalue weighted by molar-refractivity contribution is -0.150. The summed E-state index contributed by atoms with van der Waals surface area (Å²) in [5.74, 6) is -0.472. The lowest BCUT2D eigenvalue weighted by atomic mass is 9.75. The Labute approximate surface area is 59.6 Å². The molecule has 0 N–H and O–H groups in total. The van der Waals surface area contributed by atoms with Gasteiger partial charge in [-0.15, -0.1) is 0 Å². The number of carbonyl (C=O) groups is 1. The standard InChI is InChI=1S/C7H9NO2/c1-10-7(9)6-3-2-5(6)4-8/h5-6H,2-3H2,1H3. The first-order chi connectivity index (χ1) is 4.79. The van der Waals surface area contributed by atoms with E-state index in [0.29, 0.717) is 0 Å². The summed E-state index contributed by atoms with van der Waals surface area (Å²) in [6.07, 6.45) is 1.65. The highest BCUT2D eigenvalue weighted by molar-refractivity contribution is 5.74. The van der Waals surface area contributed by atoms with Crippen LogP contribution in [0, 0.1) is 23.2 Å². The molecule has 0 bridgehead atoms. The molecule has 10 heavy (non-hydrogen) atoms. The molecule has 1 aliphatic rings. The molecule has 2 unspecified atom stereocenters. The summed E-state index contributed by atoms with van der Waals surface area (Å²) in [6.45, 7) is 0. The van der Waals surface area contributed by atoms with Gasteiger partial charge in [-0.1, -0.05) is 0 Å². The fourth-order valence-electron chi connectivity index (χ4n) is 1.09. The normalized spacial score (nSPS) is 30.0. The van der Waals surface area contributed by atoms with E-state index in [1.165, 1.54) is 7.11 Å². The molecule has 0 spiro atoms. The van der Waals surface area contributed by atoms with E-state index in [1.807, 2.05) is 0 Å². The Hall–Kier alpha value is -1.04. The molecule has 1 aliphatic carbocycles. The minimum Gasteiger partial charge on any atom is -0.469 e. The number of carbonyl (C=O) groups excluding carboxylic acids is 1. The molecule has 1 rings (SSSR count). The molecule has 3 heteroatoms. The monoisotopic (exact) mass is 139 g/mol. The molecule has 1 saturated carbocycles. The third-order valence-electron chi connectivity index (χ3n) is 1.94. The number of methoxy groups -OCH3 is 1. The van der Waals surface area contributed by atoms with Crippen LogP contribution in [0.1, 0.15) is 12.8 Å². The van der Waals surface area contributed by atoms with Gasteiger partial charge in [0.2, 0.25) is 0 Å². The largest absolute Gasteiger partial charge is 0.469 e. The zero-order chi connectivity index (χ0) is 7.56. The predicted molar refractivity (Wildman–Crippen MR) is 33.8 cm³/mol. The number of ether oxygens (including phenoxy) is 1. The molecule has 0 aromatic rings. The summed E-state index contributed by atoms with van der Waals surface area (Å²) in [4.78, 5) is 10.8. The maximum absolute atomic E-state index is 10.8. The molecule has 0 aliphatic heterocycles. The maximum Gasteiger partial charge on any atom is 0.309 e. The molecule has 1 fully saturated rings. The summed E-state index contributed by atoms with van der Waals surface area (Å²) in [5, 5.41) is 8.44. The number of rotatable bonds is 1. The van der Waals surface area contributed by atoms with Gasteiger partial charge in [0.05, 0.1) is 25.0 Å². The van der Waals surface area contributed by atoms with Crippen LogP contribution < -0.4 is 0 Å². The van der Waals surface area contributed by atoms with Crippen LogP contribution in [0.3, 0.4) is 0 Å². The van der Waals surface area contributed by atoms with Crippen molar-refractivity contribution in [1.29, 1.82) is 5.26 Å². The van der Waals surface area contributed by atoms with Gasteiger partial charge >= 0.3 is 5.97 Å². The first kappa shape index (κ1) is 7.07. The molecule has 0 heterocycles. The van der Waals surface area contributed by atoms with Gasteiger partial charge in [-0.3, -0.25) is 4.79 Å². The van der Waals surface area contributed by atoms with Crippen molar-refractivity contribution in [2.45, 2.75) is 12.8 Å². The Morgan fingerprint density at radius 2 is 2.40 bits per heavy atom. The van der Waals surface area contributed by atoms with Crippen molar-refractivity contribution in [3.05, 3.63) is 0 Å². The van der Waals surface area contributed by atoms with Crippen LogP contribution in [0.4, 0.5) is 0 Å². The van der Waals surface area contributed by atoms with Crippen LogP contribution in [-0.4, -0.2) is 13.1 Å². The van der Waals surface area contributed by atoms with Crippen molar-refractivity contribution >= 4 is 5.97 Å². The Bertz CT molecular complexity index is 183. The molecular weight excluding hydrogens is 130 g/mol. The lowest BCUT2D eigenvalue weighted by Crippen LogP contribution is -2.32. The van der Waals surface area contributed by atoms with Crippen molar-refractivity contribution in [3.8, 4) is 6.07 Å². The van der Waals surface area contributed by atoms with Gasteiger partial charge in [0.15, 0.2) is 0 Å². The van der Waals surface area contributed by atoms with E-state index in [1.54, 1.807) is 0 Å². The van der Waals surface area contributed by atoms with Crippen LogP contribution >= 0.6 is 0 Å². The van der Waals surface area contributed by atoms with Crippen molar-refractivity contribution in [3.63, 3.8) is 0 Å². The molecule has 3 nitrogen and oxygen atoms in total. The maximum atomic E-state index is 10.8. The van der Waals surface area contributed by atoms with Crippen molar-refractivity contribution in [1.82, 2.24) is 0 Å². The van der Waals surface area contributed by atoms with Crippen LogP contribution in [0.5, 0.6) is 0 Å². The van der Waals surface area contributed by atoms with Gasteiger partial charge in [0.1, 0.15) is 0 Å². The average Bonchev–Trinajstić information content (AvgIpc) is 1.86. The molecule has 54 valence electrons. The first-order valence-electron chi connectivity index (χ1n) is 3.27. The second kappa shape index (κ2) is 2.70. The second-order valence-corrected chi connectivity index (χ2v) is 2.44. The fraction of sp³-hybridized carbons (Fsp3) is 0.714. The van der Waals surface area contributed by atoms with Crippen LogP contribution in [-0.2, 0) is 9.53 Å².